The first-order valence-electron chi connectivity index (χ1n) is 9.35. The van der Waals surface area contributed by atoms with E-state index >= 15 is 0 Å². The van der Waals surface area contributed by atoms with Gasteiger partial charge in [-0.3, -0.25) is 4.98 Å². The van der Waals surface area contributed by atoms with Crippen molar-refractivity contribution in [1.82, 2.24) is 9.88 Å². The predicted molar refractivity (Wildman–Crippen MR) is 99.5 cm³/mol. The standard InChI is InChI=1S/C21H25N3O/c25-21(23-17-9-6-13-22-15-17)24-14-12-18(16-7-2-1-3-8-16)19-10-4-5-11-20(19)24/h1-3,6-9,13,15,18-20H,4-5,10-12,14H2,(H,23,25)/t18?,19?,20-/m1/s1. The number of aromatic nitrogens is 1. The predicted octanol–water partition coefficient (Wildman–Crippen LogP) is 4.66. The van der Waals surface area contributed by atoms with Crippen molar-refractivity contribution in [2.45, 2.75) is 44.1 Å². The van der Waals surface area contributed by atoms with E-state index in [-0.39, 0.29) is 6.03 Å². The molecule has 0 radical (unpaired) electrons. The van der Waals surface area contributed by atoms with Crippen LogP contribution < -0.4 is 5.32 Å². The maximum atomic E-state index is 12.9. The quantitative estimate of drug-likeness (QED) is 0.867. The average Bonchev–Trinajstić information content (AvgIpc) is 2.68. The third-order valence-electron chi connectivity index (χ3n) is 5.78. The summed E-state index contributed by atoms with van der Waals surface area (Å²) >= 11 is 0. The van der Waals surface area contributed by atoms with Crippen molar-refractivity contribution in [1.29, 1.82) is 0 Å². The van der Waals surface area contributed by atoms with Crippen molar-refractivity contribution in [2.75, 3.05) is 11.9 Å². The van der Waals surface area contributed by atoms with Crippen LogP contribution >= 0.6 is 0 Å². The fourth-order valence-corrected chi connectivity index (χ4v) is 4.65. The smallest absolute Gasteiger partial charge is 0.321 e. The Kier molecular flexibility index (Phi) is 4.68. The van der Waals surface area contributed by atoms with Gasteiger partial charge in [-0.25, -0.2) is 4.79 Å². The number of piperidine rings is 1. The minimum absolute atomic E-state index is 0.0245. The maximum absolute atomic E-state index is 12.9. The Labute approximate surface area is 149 Å². The molecule has 3 atom stereocenters. The van der Waals surface area contributed by atoms with Gasteiger partial charge in [-0.1, -0.05) is 43.2 Å². The summed E-state index contributed by atoms with van der Waals surface area (Å²) in [6.07, 6.45) is 9.31. The summed E-state index contributed by atoms with van der Waals surface area (Å²) in [5, 5.41) is 3.02. The molecular weight excluding hydrogens is 310 g/mol. The van der Waals surface area contributed by atoms with Crippen LogP contribution in [0.5, 0.6) is 0 Å². The Bertz CT molecular complexity index is 704. The van der Waals surface area contributed by atoms with Gasteiger partial charge in [-0.2, -0.15) is 0 Å². The summed E-state index contributed by atoms with van der Waals surface area (Å²) < 4.78 is 0. The Hall–Kier alpha value is -2.36. The second-order valence-corrected chi connectivity index (χ2v) is 7.19. The molecule has 4 heteroatoms. The van der Waals surface area contributed by atoms with Gasteiger partial charge in [0.25, 0.3) is 0 Å². The van der Waals surface area contributed by atoms with Crippen molar-refractivity contribution in [3.05, 3.63) is 60.4 Å². The second kappa shape index (κ2) is 7.26. The molecule has 2 unspecified atom stereocenters. The topological polar surface area (TPSA) is 45.2 Å². The van der Waals surface area contributed by atoms with E-state index in [2.05, 4.69) is 45.5 Å². The number of hydrogen-bond acceptors (Lipinski definition) is 2. The fraction of sp³-hybridized carbons (Fsp3) is 0.429. The molecule has 0 bridgehead atoms. The zero-order chi connectivity index (χ0) is 17.1. The molecule has 0 spiro atoms. The highest BCUT2D eigenvalue weighted by atomic mass is 16.2. The molecular formula is C21H25N3O. The van der Waals surface area contributed by atoms with Crippen LogP contribution in [0.3, 0.4) is 0 Å². The molecule has 2 aromatic rings. The van der Waals surface area contributed by atoms with E-state index in [1.807, 2.05) is 12.1 Å². The Balaban J connectivity index is 1.52. The molecule has 1 saturated heterocycles. The van der Waals surface area contributed by atoms with Crippen molar-refractivity contribution in [2.24, 2.45) is 5.92 Å². The maximum Gasteiger partial charge on any atom is 0.322 e. The van der Waals surface area contributed by atoms with Crippen molar-refractivity contribution in [3.8, 4) is 0 Å². The molecule has 2 aliphatic rings. The second-order valence-electron chi connectivity index (χ2n) is 7.19. The highest BCUT2D eigenvalue weighted by Crippen LogP contribution is 2.44. The van der Waals surface area contributed by atoms with Crippen molar-refractivity contribution < 1.29 is 4.79 Å². The van der Waals surface area contributed by atoms with Crippen LogP contribution in [-0.4, -0.2) is 28.5 Å². The van der Waals surface area contributed by atoms with Crippen LogP contribution in [0, 0.1) is 5.92 Å². The number of pyridine rings is 1. The molecule has 2 fully saturated rings. The number of amides is 2. The van der Waals surface area contributed by atoms with Crippen LogP contribution in [-0.2, 0) is 0 Å². The van der Waals surface area contributed by atoms with E-state index in [1.54, 1.807) is 12.4 Å². The first-order valence-corrected chi connectivity index (χ1v) is 9.35. The van der Waals surface area contributed by atoms with Gasteiger partial charge in [0.05, 0.1) is 11.9 Å². The number of carbonyl (C=O) groups is 1. The number of hydrogen-bond donors (Lipinski definition) is 1. The van der Waals surface area contributed by atoms with Crippen LogP contribution in [0.15, 0.2) is 54.9 Å². The van der Waals surface area contributed by atoms with E-state index in [1.165, 1.54) is 24.8 Å². The average molecular weight is 335 g/mol. The number of likely N-dealkylation sites (tertiary alicyclic amines) is 1. The lowest BCUT2D eigenvalue weighted by molar-refractivity contribution is 0.0746. The molecule has 2 heterocycles. The molecule has 1 aliphatic heterocycles. The zero-order valence-corrected chi connectivity index (χ0v) is 14.5. The Morgan fingerprint density at radius 3 is 2.68 bits per heavy atom. The van der Waals surface area contributed by atoms with Gasteiger partial charge in [0.1, 0.15) is 0 Å². The first-order chi connectivity index (χ1) is 12.3. The van der Waals surface area contributed by atoms with Crippen molar-refractivity contribution in [3.63, 3.8) is 0 Å². The summed E-state index contributed by atoms with van der Waals surface area (Å²) in [6.45, 7) is 0.826. The largest absolute Gasteiger partial charge is 0.322 e. The number of fused-ring (bicyclic) bond motifs is 1. The lowest BCUT2D eigenvalue weighted by Gasteiger charge is -2.48. The molecule has 130 valence electrons. The van der Waals surface area contributed by atoms with E-state index in [4.69, 9.17) is 0 Å². The molecule has 4 rings (SSSR count). The molecule has 2 amide bonds. The molecule has 1 aromatic carbocycles. The van der Waals surface area contributed by atoms with Crippen LogP contribution in [0.1, 0.15) is 43.6 Å². The molecule has 1 aromatic heterocycles. The summed E-state index contributed by atoms with van der Waals surface area (Å²) in [5.41, 5.74) is 2.21. The highest BCUT2D eigenvalue weighted by molar-refractivity contribution is 5.89. The van der Waals surface area contributed by atoms with Crippen molar-refractivity contribution >= 4 is 11.7 Å². The van der Waals surface area contributed by atoms with E-state index in [0.717, 1.165) is 25.1 Å². The van der Waals surface area contributed by atoms with Gasteiger partial charge >= 0.3 is 6.03 Å². The molecule has 1 aliphatic carbocycles. The van der Waals surface area contributed by atoms with E-state index in [0.29, 0.717) is 17.9 Å². The van der Waals surface area contributed by atoms with E-state index < -0.39 is 0 Å². The molecule has 1 N–H and O–H groups in total. The molecule has 25 heavy (non-hydrogen) atoms. The lowest BCUT2D eigenvalue weighted by atomic mass is 9.69. The monoisotopic (exact) mass is 335 g/mol. The first kappa shape index (κ1) is 16.1. The molecule has 4 nitrogen and oxygen atoms in total. The zero-order valence-electron chi connectivity index (χ0n) is 14.5. The van der Waals surface area contributed by atoms with Gasteiger partial charge in [0.15, 0.2) is 0 Å². The summed E-state index contributed by atoms with van der Waals surface area (Å²) in [6, 6.07) is 15.0. The van der Waals surface area contributed by atoms with Gasteiger partial charge in [0, 0.05) is 18.8 Å². The van der Waals surface area contributed by atoms with Crippen LogP contribution in [0.4, 0.5) is 10.5 Å². The molecule has 1 saturated carbocycles. The van der Waals surface area contributed by atoms with Gasteiger partial charge in [0.2, 0.25) is 0 Å². The number of urea groups is 1. The summed E-state index contributed by atoms with van der Waals surface area (Å²) in [7, 11) is 0. The third kappa shape index (κ3) is 3.39. The number of benzene rings is 1. The summed E-state index contributed by atoms with van der Waals surface area (Å²) in [5.74, 6) is 1.15. The Morgan fingerprint density at radius 1 is 1.04 bits per heavy atom. The normalized spacial score (nSPS) is 25.9. The number of nitrogens with zero attached hydrogens (tertiary/aromatic N) is 2. The number of carbonyl (C=O) groups excluding carboxylic acids is 1. The number of nitrogens with one attached hydrogen (secondary N) is 1. The van der Waals surface area contributed by atoms with E-state index in [9.17, 15) is 4.79 Å². The SMILES string of the molecule is O=C(Nc1cccnc1)N1CCC(c2ccccc2)C2CCCC[C@H]21. The minimum Gasteiger partial charge on any atom is -0.321 e. The third-order valence-corrected chi connectivity index (χ3v) is 5.78. The van der Waals surface area contributed by atoms with Crippen LogP contribution in [0.2, 0.25) is 0 Å². The minimum atomic E-state index is 0.0245. The highest BCUT2D eigenvalue weighted by Gasteiger charge is 2.41. The van der Waals surface area contributed by atoms with Crippen LogP contribution in [0.25, 0.3) is 0 Å². The lowest BCUT2D eigenvalue weighted by Crippen LogP contribution is -2.53. The summed E-state index contributed by atoms with van der Waals surface area (Å²) in [4.78, 5) is 19.0. The van der Waals surface area contributed by atoms with Gasteiger partial charge in [-0.05, 0) is 48.8 Å². The number of anilines is 1. The van der Waals surface area contributed by atoms with Gasteiger partial charge in [-0.15, -0.1) is 0 Å². The Morgan fingerprint density at radius 2 is 1.88 bits per heavy atom. The fourth-order valence-electron chi connectivity index (χ4n) is 4.65. The van der Waals surface area contributed by atoms with Gasteiger partial charge < -0.3 is 10.2 Å². The number of rotatable bonds is 2.